The van der Waals surface area contributed by atoms with Crippen LogP contribution in [0.3, 0.4) is 0 Å². The topological polar surface area (TPSA) is 66.9 Å². The Morgan fingerprint density at radius 3 is 2.11 bits per heavy atom. The lowest BCUT2D eigenvalue weighted by Crippen LogP contribution is -2.03. The largest absolute Gasteiger partial charge is 0.494 e. The Morgan fingerprint density at radius 2 is 1.50 bits per heavy atom. The predicted molar refractivity (Wildman–Crippen MR) is 100 cm³/mol. The van der Waals surface area contributed by atoms with Crippen LogP contribution >= 0.6 is 0 Å². The third-order valence-electron chi connectivity index (χ3n) is 3.99. The van der Waals surface area contributed by atoms with Crippen LogP contribution in [0.1, 0.15) is 15.9 Å². The maximum Gasteiger partial charge on any atom is 0.219 e. The van der Waals surface area contributed by atoms with Crippen molar-refractivity contribution >= 4 is 5.78 Å². The normalized spacial score (nSPS) is 10.3. The maximum atomic E-state index is 13.7. The van der Waals surface area contributed by atoms with E-state index in [4.69, 9.17) is 18.9 Å². The molecule has 0 aliphatic heterocycles. The summed E-state index contributed by atoms with van der Waals surface area (Å²) in [5.41, 5.74) is 0.811. The quantitative estimate of drug-likeness (QED) is 0.568. The van der Waals surface area contributed by atoms with Gasteiger partial charge in [-0.2, -0.15) is 0 Å². The summed E-state index contributed by atoms with van der Waals surface area (Å²) in [7, 11) is 4.41. The molecular weight excluding hydrogens is 365 g/mol. The fraction of sp³-hybridized carbons (Fsp3) is 0.143. The second-order valence-electron chi connectivity index (χ2n) is 5.68. The average molecular weight is 383 g/mol. The molecule has 0 N–H and O–H groups in total. The van der Waals surface area contributed by atoms with E-state index in [1.807, 2.05) is 0 Å². The van der Waals surface area contributed by atoms with Crippen LogP contribution < -0.4 is 18.9 Å². The second kappa shape index (κ2) is 8.39. The van der Waals surface area contributed by atoms with E-state index >= 15 is 0 Å². The molecule has 0 spiro atoms. The van der Waals surface area contributed by atoms with Gasteiger partial charge in [0.1, 0.15) is 5.75 Å². The third kappa shape index (κ3) is 4.03. The molecule has 144 valence electrons. The zero-order valence-electron chi connectivity index (χ0n) is 15.6. The molecule has 0 atom stereocenters. The molecule has 0 fully saturated rings. The first kappa shape index (κ1) is 19.2. The molecule has 0 aliphatic rings. The number of hydrogen-bond donors (Lipinski definition) is 0. The monoisotopic (exact) mass is 383 g/mol. The maximum absolute atomic E-state index is 13.7. The minimum atomic E-state index is -0.541. The molecular formula is C21H18FNO5. The van der Waals surface area contributed by atoms with E-state index in [1.165, 1.54) is 45.7 Å². The number of ether oxygens (including phenoxy) is 4. The van der Waals surface area contributed by atoms with E-state index in [-0.39, 0.29) is 23.2 Å². The first-order valence-corrected chi connectivity index (χ1v) is 8.30. The van der Waals surface area contributed by atoms with Crippen molar-refractivity contribution in [2.24, 2.45) is 0 Å². The van der Waals surface area contributed by atoms with Crippen molar-refractivity contribution in [1.29, 1.82) is 0 Å². The lowest BCUT2D eigenvalue weighted by atomic mass is 10.0. The number of pyridine rings is 1. The molecule has 6 nitrogen and oxygen atoms in total. The minimum Gasteiger partial charge on any atom is -0.494 e. The van der Waals surface area contributed by atoms with Gasteiger partial charge in [0.2, 0.25) is 5.88 Å². The lowest BCUT2D eigenvalue weighted by molar-refractivity contribution is 0.103. The molecule has 3 rings (SSSR count). The number of aromatic nitrogens is 1. The average Bonchev–Trinajstić information content (AvgIpc) is 2.73. The Hall–Kier alpha value is -3.61. The lowest BCUT2D eigenvalue weighted by Gasteiger charge is -2.09. The molecule has 0 unspecified atom stereocenters. The zero-order valence-corrected chi connectivity index (χ0v) is 15.6. The van der Waals surface area contributed by atoms with Crippen LogP contribution in [-0.4, -0.2) is 32.1 Å². The van der Waals surface area contributed by atoms with Crippen LogP contribution in [0.25, 0.3) is 0 Å². The minimum absolute atomic E-state index is 0.121. The number of benzene rings is 2. The van der Waals surface area contributed by atoms with Crippen LogP contribution in [0.15, 0.2) is 54.7 Å². The van der Waals surface area contributed by atoms with Crippen molar-refractivity contribution in [3.05, 3.63) is 71.7 Å². The summed E-state index contributed by atoms with van der Waals surface area (Å²) in [6.07, 6.45) is 1.40. The van der Waals surface area contributed by atoms with E-state index in [2.05, 4.69) is 4.98 Å². The number of ketones is 1. The molecule has 0 saturated carbocycles. The summed E-state index contributed by atoms with van der Waals surface area (Å²) in [5, 5.41) is 0. The highest BCUT2D eigenvalue weighted by molar-refractivity contribution is 6.09. The predicted octanol–water partition coefficient (Wildman–Crippen LogP) is 4.27. The molecule has 28 heavy (non-hydrogen) atoms. The van der Waals surface area contributed by atoms with Crippen LogP contribution in [0.4, 0.5) is 4.39 Å². The molecule has 1 heterocycles. The van der Waals surface area contributed by atoms with Crippen molar-refractivity contribution in [3.63, 3.8) is 0 Å². The zero-order chi connectivity index (χ0) is 20.1. The number of methoxy groups -OCH3 is 3. The molecule has 0 amide bonds. The fourth-order valence-electron chi connectivity index (χ4n) is 2.55. The third-order valence-corrected chi connectivity index (χ3v) is 3.99. The molecule has 0 radical (unpaired) electrons. The van der Waals surface area contributed by atoms with Crippen molar-refractivity contribution < 1.29 is 28.1 Å². The summed E-state index contributed by atoms with van der Waals surface area (Å²) in [5.74, 6) is 0.848. The van der Waals surface area contributed by atoms with Gasteiger partial charge in [-0.05, 0) is 36.4 Å². The summed E-state index contributed by atoms with van der Waals surface area (Å²) in [6.45, 7) is 0. The molecule has 3 aromatic rings. The summed E-state index contributed by atoms with van der Waals surface area (Å²) < 4.78 is 34.5. The van der Waals surface area contributed by atoms with Crippen LogP contribution in [0.2, 0.25) is 0 Å². The van der Waals surface area contributed by atoms with Gasteiger partial charge in [0.05, 0.1) is 21.3 Å². The van der Waals surface area contributed by atoms with Crippen LogP contribution in [-0.2, 0) is 0 Å². The number of hydrogen-bond acceptors (Lipinski definition) is 6. The molecule has 2 aromatic carbocycles. The summed E-state index contributed by atoms with van der Waals surface area (Å²) in [6, 6.07) is 12.3. The standard InChI is InChI=1S/C21H18FNO5/c1-25-17-8-6-15(11-16(17)22)28-20-9-5-14(12-23-20)21(24)13-4-7-18(26-2)19(10-13)27-3/h4-12H,1-3H3. The van der Waals surface area contributed by atoms with E-state index in [1.54, 1.807) is 30.3 Å². The summed E-state index contributed by atoms with van der Waals surface area (Å²) in [4.78, 5) is 16.8. The van der Waals surface area contributed by atoms with Gasteiger partial charge < -0.3 is 18.9 Å². The van der Waals surface area contributed by atoms with Gasteiger partial charge in [-0.15, -0.1) is 0 Å². The first-order chi connectivity index (χ1) is 13.5. The van der Waals surface area contributed by atoms with Crippen molar-refractivity contribution in [2.75, 3.05) is 21.3 Å². The van der Waals surface area contributed by atoms with E-state index in [9.17, 15) is 9.18 Å². The van der Waals surface area contributed by atoms with Gasteiger partial charge in [-0.3, -0.25) is 4.79 Å². The number of nitrogens with zero attached hydrogens (tertiary/aromatic N) is 1. The Morgan fingerprint density at radius 1 is 0.821 bits per heavy atom. The summed E-state index contributed by atoms with van der Waals surface area (Å²) >= 11 is 0. The fourth-order valence-corrected chi connectivity index (χ4v) is 2.55. The molecule has 0 saturated heterocycles. The SMILES string of the molecule is COc1ccc(Oc2ccc(C(=O)c3ccc(OC)c(OC)c3)cn2)cc1F. The Labute approximate surface area is 161 Å². The van der Waals surface area contributed by atoms with Crippen molar-refractivity contribution in [1.82, 2.24) is 4.98 Å². The van der Waals surface area contributed by atoms with Gasteiger partial charge in [0.15, 0.2) is 28.8 Å². The highest BCUT2D eigenvalue weighted by atomic mass is 19.1. The van der Waals surface area contributed by atoms with E-state index in [0.717, 1.165) is 0 Å². The van der Waals surface area contributed by atoms with Gasteiger partial charge in [-0.25, -0.2) is 9.37 Å². The molecule has 7 heteroatoms. The first-order valence-electron chi connectivity index (χ1n) is 8.30. The Balaban J connectivity index is 1.77. The van der Waals surface area contributed by atoms with Crippen LogP contribution in [0, 0.1) is 5.82 Å². The van der Waals surface area contributed by atoms with E-state index in [0.29, 0.717) is 22.6 Å². The Kier molecular flexibility index (Phi) is 5.74. The smallest absolute Gasteiger partial charge is 0.219 e. The number of carbonyl (C=O) groups is 1. The van der Waals surface area contributed by atoms with Crippen molar-refractivity contribution in [3.8, 4) is 28.9 Å². The van der Waals surface area contributed by atoms with Gasteiger partial charge in [0.25, 0.3) is 0 Å². The second-order valence-corrected chi connectivity index (χ2v) is 5.68. The highest BCUT2D eigenvalue weighted by Crippen LogP contribution is 2.29. The molecule has 0 aliphatic carbocycles. The Bertz CT molecular complexity index is 989. The van der Waals surface area contributed by atoms with Gasteiger partial charge in [-0.1, -0.05) is 0 Å². The highest BCUT2D eigenvalue weighted by Gasteiger charge is 2.14. The van der Waals surface area contributed by atoms with Crippen molar-refractivity contribution in [2.45, 2.75) is 0 Å². The molecule has 0 bridgehead atoms. The van der Waals surface area contributed by atoms with Gasteiger partial charge in [0, 0.05) is 29.5 Å². The number of rotatable bonds is 7. The number of carbonyl (C=O) groups excluding carboxylic acids is 1. The van der Waals surface area contributed by atoms with Crippen LogP contribution in [0.5, 0.6) is 28.9 Å². The van der Waals surface area contributed by atoms with E-state index < -0.39 is 5.82 Å². The molecule has 1 aromatic heterocycles. The van der Waals surface area contributed by atoms with Gasteiger partial charge >= 0.3 is 0 Å². The number of halogens is 1.